The van der Waals surface area contributed by atoms with Crippen LogP contribution in [0, 0.1) is 0 Å². The fraction of sp³-hybridized carbons (Fsp3) is 0.375. The van der Waals surface area contributed by atoms with E-state index in [1.54, 1.807) is 60.7 Å². The van der Waals surface area contributed by atoms with Gasteiger partial charge in [0.05, 0.1) is 23.6 Å². The van der Waals surface area contributed by atoms with E-state index in [-0.39, 0.29) is 11.8 Å². The highest BCUT2D eigenvalue weighted by molar-refractivity contribution is 7.92. The van der Waals surface area contributed by atoms with E-state index in [4.69, 9.17) is 4.74 Å². The molecule has 1 heterocycles. The van der Waals surface area contributed by atoms with Crippen molar-refractivity contribution < 1.29 is 31.2 Å². The second kappa shape index (κ2) is 15.4. The molecule has 2 amide bonds. The van der Waals surface area contributed by atoms with Crippen LogP contribution in [-0.4, -0.2) is 83.7 Å². The third-order valence-corrected chi connectivity index (χ3v) is 8.50. The van der Waals surface area contributed by atoms with Crippen molar-refractivity contribution >= 4 is 43.2 Å². The largest absolute Gasteiger partial charge is 0.492 e. The fourth-order valence-electron chi connectivity index (χ4n) is 5.10. The first kappa shape index (κ1) is 33.9. The number of rotatable bonds is 18. The molecule has 0 saturated carbocycles. The summed E-state index contributed by atoms with van der Waals surface area (Å²) in [7, 11) is -6.69. The van der Waals surface area contributed by atoms with E-state index in [1.165, 1.54) is 4.90 Å². The molecule has 0 spiro atoms. The number of imide groups is 1. The molecule has 0 aromatic heterocycles. The Labute approximate surface area is 265 Å². The predicted octanol–water partition coefficient (Wildman–Crippen LogP) is 4.21. The zero-order chi connectivity index (χ0) is 32.5. The number of nitrogens with one attached hydrogen (secondary N) is 2. The minimum Gasteiger partial charge on any atom is -0.492 e. The van der Waals surface area contributed by atoms with E-state index in [1.807, 2.05) is 12.1 Å². The van der Waals surface area contributed by atoms with Gasteiger partial charge in [-0.25, -0.2) is 16.8 Å². The Morgan fingerprint density at radius 1 is 0.667 bits per heavy atom. The monoisotopic (exact) mass is 656 g/mol. The summed E-state index contributed by atoms with van der Waals surface area (Å²) in [4.78, 5) is 28.8. The highest BCUT2D eigenvalue weighted by Crippen LogP contribution is 2.23. The number of nitrogens with zero attached hydrogens (tertiary/aromatic N) is 2. The number of carbonyl (C=O) groups is 2. The lowest BCUT2D eigenvalue weighted by molar-refractivity contribution is 0.0651. The van der Waals surface area contributed by atoms with E-state index in [0.717, 1.165) is 63.3 Å². The van der Waals surface area contributed by atoms with Gasteiger partial charge < -0.3 is 4.74 Å². The second-order valence-corrected chi connectivity index (χ2v) is 14.6. The summed E-state index contributed by atoms with van der Waals surface area (Å²) in [6, 6.07) is 21.0. The third-order valence-electron chi connectivity index (χ3n) is 7.29. The predicted molar refractivity (Wildman–Crippen MR) is 176 cm³/mol. The highest BCUT2D eigenvalue weighted by Gasteiger charge is 2.34. The maximum atomic E-state index is 12.6. The quantitative estimate of drug-likeness (QED) is 0.153. The number of amides is 2. The molecular formula is C32H40N4O7S2. The summed E-state index contributed by atoms with van der Waals surface area (Å²) < 4.78 is 56.7. The summed E-state index contributed by atoms with van der Waals surface area (Å²) in [6.07, 6.45) is 6.50. The number of sulfonamides is 2. The molecule has 13 heteroatoms. The van der Waals surface area contributed by atoms with Crippen molar-refractivity contribution in [1.29, 1.82) is 0 Å². The second-order valence-electron chi connectivity index (χ2n) is 11.1. The molecule has 0 saturated heterocycles. The molecule has 4 rings (SSSR count). The van der Waals surface area contributed by atoms with Crippen LogP contribution >= 0.6 is 0 Å². The summed E-state index contributed by atoms with van der Waals surface area (Å²) >= 11 is 0. The molecule has 45 heavy (non-hydrogen) atoms. The zero-order valence-corrected chi connectivity index (χ0v) is 27.2. The molecule has 3 aromatic carbocycles. The van der Waals surface area contributed by atoms with Gasteiger partial charge in [0.2, 0.25) is 20.0 Å². The normalized spacial score (nSPS) is 13.3. The van der Waals surface area contributed by atoms with Gasteiger partial charge in [0.1, 0.15) is 12.4 Å². The van der Waals surface area contributed by atoms with Crippen molar-refractivity contribution in [3.8, 4) is 5.75 Å². The van der Waals surface area contributed by atoms with Gasteiger partial charge in [-0.1, -0.05) is 37.1 Å². The average Bonchev–Trinajstić information content (AvgIpc) is 3.22. The van der Waals surface area contributed by atoms with Crippen molar-refractivity contribution in [3.63, 3.8) is 0 Å². The zero-order valence-electron chi connectivity index (χ0n) is 25.6. The summed E-state index contributed by atoms with van der Waals surface area (Å²) in [6.45, 7) is 3.13. The van der Waals surface area contributed by atoms with Crippen molar-refractivity contribution in [2.24, 2.45) is 0 Å². The Hall–Kier alpha value is -3.94. The maximum absolute atomic E-state index is 12.6. The van der Waals surface area contributed by atoms with E-state index in [2.05, 4.69) is 14.3 Å². The molecule has 0 unspecified atom stereocenters. The number of unbranched alkanes of at least 4 members (excludes halogenated alkanes) is 3. The van der Waals surface area contributed by atoms with Gasteiger partial charge in [-0.2, -0.15) is 0 Å². The standard InChI is InChI=1S/C32H40N4O7S2/c1-44(39,40)33-26-13-11-25(12-14-26)19-22-35(23-24-43-28-17-15-27(16-18-28)34-45(2,41)42)20-7-3-4-8-21-36-31(37)29-9-5-6-10-30(29)32(36)38/h5-6,9-18,33-34H,3-4,7-8,19-24H2,1-2H3. The smallest absolute Gasteiger partial charge is 0.261 e. The minimum atomic E-state index is -3.35. The van der Waals surface area contributed by atoms with Gasteiger partial charge >= 0.3 is 0 Å². The van der Waals surface area contributed by atoms with Crippen LogP contribution in [0.3, 0.4) is 0 Å². The average molecular weight is 657 g/mol. The topological polar surface area (TPSA) is 142 Å². The van der Waals surface area contributed by atoms with Crippen LogP contribution in [0.5, 0.6) is 5.75 Å². The first-order chi connectivity index (χ1) is 21.4. The molecule has 0 bridgehead atoms. The molecular weight excluding hydrogens is 617 g/mol. The van der Waals surface area contributed by atoms with Crippen LogP contribution in [0.4, 0.5) is 11.4 Å². The Morgan fingerprint density at radius 3 is 1.76 bits per heavy atom. The van der Waals surface area contributed by atoms with Gasteiger partial charge in [0.15, 0.2) is 0 Å². The molecule has 3 aromatic rings. The van der Waals surface area contributed by atoms with Crippen molar-refractivity contribution in [2.75, 3.05) is 54.7 Å². The van der Waals surface area contributed by atoms with Crippen molar-refractivity contribution in [3.05, 3.63) is 89.5 Å². The lowest BCUT2D eigenvalue weighted by atomic mass is 10.1. The van der Waals surface area contributed by atoms with Crippen LogP contribution in [-0.2, 0) is 26.5 Å². The van der Waals surface area contributed by atoms with Gasteiger partial charge in [-0.05, 0) is 79.9 Å². The first-order valence-corrected chi connectivity index (χ1v) is 18.6. The van der Waals surface area contributed by atoms with Crippen LogP contribution in [0.25, 0.3) is 0 Å². The first-order valence-electron chi connectivity index (χ1n) is 14.8. The van der Waals surface area contributed by atoms with Crippen LogP contribution in [0.2, 0.25) is 0 Å². The van der Waals surface area contributed by atoms with Gasteiger partial charge in [-0.3, -0.25) is 28.8 Å². The number of ether oxygens (including phenoxy) is 1. The van der Waals surface area contributed by atoms with Crippen LogP contribution < -0.4 is 14.2 Å². The lowest BCUT2D eigenvalue weighted by Crippen LogP contribution is -2.32. The molecule has 0 aliphatic carbocycles. The Kier molecular flexibility index (Phi) is 11.6. The van der Waals surface area contributed by atoms with Gasteiger partial charge in [0, 0.05) is 31.0 Å². The van der Waals surface area contributed by atoms with Gasteiger partial charge in [0.25, 0.3) is 11.8 Å². The van der Waals surface area contributed by atoms with E-state index >= 15 is 0 Å². The van der Waals surface area contributed by atoms with Crippen LogP contribution in [0.15, 0.2) is 72.8 Å². The molecule has 242 valence electrons. The Balaban J connectivity index is 1.25. The van der Waals surface area contributed by atoms with E-state index in [0.29, 0.717) is 47.9 Å². The maximum Gasteiger partial charge on any atom is 0.261 e. The van der Waals surface area contributed by atoms with Gasteiger partial charge in [-0.15, -0.1) is 0 Å². The molecule has 0 atom stereocenters. The number of benzene rings is 3. The Bertz CT molecular complexity index is 1640. The number of hydrogen-bond acceptors (Lipinski definition) is 8. The number of fused-ring (bicyclic) bond motifs is 1. The summed E-state index contributed by atoms with van der Waals surface area (Å²) in [5.41, 5.74) is 3.01. The summed E-state index contributed by atoms with van der Waals surface area (Å²) in [5, 5.41) is 0. The molecule has 2 N–H and O–H groups in total. The number of hydrogen-bond donors (Lipinski definition) is 2. The molecule has 11 nitrogen and oxygen atoms in total. The molecule has 1 aliphatic rings. The molecule has 0 fully saturated rings. The minimum absolute atomic E-state index is 0.219. The number of anilines is 2. The van der Waals surface area contributed by atoms with E-state index in [9.17, 15) is 26.4 Å². The number of carbonyl (C=O) groups excluding carboxylic acids is 2. The Morgan fingerprint density at radius 2 is 1.20 bits per heavy atom. The SMILES string of the molecule is CS(=O)(=O)Nc1ccc(CCN(CCCCCCN2C(=O)c3ccccc3C2=O)CCOc2ccc(NS(C)(=O)=O)cc2)cc1. The summed E-state index contributed by atoms with van der Waals surface area (Å²) in [5.74, 6) is 0.197. The fourth-order valence-corrected chi connectivity index (χ4v) is 6.23. The lowest BCUT2D eigenvalue weighted by Gasteiger charge is -2.23. The van der Waals surface area contributed by atoms with Crippen molar-refractivity contribution in [2.45, 2.75) is 32.1 Å². The highest BCUT2D eigenvalue weighted by atomic mass is 32.2. The molecule has 0 radical (unpaired) electrons. The van der Waals surface area contributed by atoms with Crippen LogP contribution in [0.1, 0.15) is 52.0 Å². The van der Waals surface area contributed by atoms with Crippen molar-refractivity contribution in [1.82, 2.24) is 9.80 Å². The third kappa shape index (κ3) is 10.9. The molecule has 1 aliphatic heterocycles. The van der Waals surface area contributed by atoms with E-state index < -0.39 is 20.0 Å².